The number of alkyl halides is 6. The van der Waals surface area contributed by atoms with Gasteiger partial charge in [0.1, 0.15) is 0 Å². The summed E-state index contributed by atoms with van der Waals surface area (Å²) in [4.78, 5) is 8.29. The van der Waals surface area contributed by atoms with Crippen LogP contribution in [0.1, 0.15) is 11.1 Å². The second-order valence-electron chi connectivity index (χ2n) is 5.92. The van der Waals surface area contributed by atoms with E-state index in [0.717, 1.165) is 24.4 Å². The molecule has 0 saturated heterocycles. The van der Waals surface area contributed by atoms with Crippen LogP contribution < -0.4 is 4.74 Å². The highest BCUT2D eigenvalue weighted by Gasteiger charge is 2.33. The third-order valence-electron chi connectivity index (χ3n) is 3.98. The van der Waals surface area contributed by atoms with Crippen LogP contribution in [0.15, 0.2) is 42.6 Å². The van der Waals surface area contributed by atoms with E-state index < -0.39 is 23.5 Å². The van der Waals surface area contributed by atoms with Gasteiger partial charge in [-0.05, 0) is 18.2 Å². The molecule has 0 aliphatic heterocycles. The zero-order valence-corrected chi connectivity index (χ0v) is 14.6. The van der Waals surface area contributed by atoms with E-state index in [1.807, 2.05) is 0 Å². The number of methoxy groups -OCH3 is 1. The van der Waals surface area contributed by atoms with Gasteiger partial charge in [-0.25, -0.2) is 4.98 Å². The fourth-order valence-corrected chi connectivity index (χ4v) is 2.57. The van der Waals surface area contributed by atoms with Gasteiger partial charge in [-0.15, -0.1) is 0 Å². The quantitative estimate of drug-likeness (QED) is 0.567. The second kappa shape index (κ2) is 6.84. The van der Waals surface area contributed by atoms with Crippen molar-refractivity contribution < 1.29 is 31.1 Å². The molecule has 0 bridgehead atoms. The highest BCUT2D eigenvalue weighted by Crippen LogP contribution is 2.35. The number of hydrogen-bond donors (Lipinski definition) is 0. The van der Waals surface area contributed by atoms with Crippen LogP contribution in [0.25, 0.3) is 22.8 Å². The van der Waals surface area contributed by atoms with Gasteiger partial charge in [0.25, 0.3) is 0 Å². The fraction of sp³-hybridized carbons (Fsp3) is 0.222. The summed E-state index contributed by atoms with van der Waals surface area (Å²) in [6, 6.07) is 6.41. The monoisotopic (exact) mass is 401 g/mol. The Kier molecular flexibility index (Phi) is 4.82. The van der Waals surface area contributed by atoms with Crippen molar-refractivity contribution in [2.75, 3.05) is 7.11 Å². The lowest BCUT2D eigenvalue weighted by atomic mass is 10.1. The molecule has 0 amide bonds. The molecule has 0 aliphatic carbocycles. The number of rotatable bonds is 3. The topological polar surface area (TPSA) is 39.9 Å². The number of benzene rings is 1. The van der Waals surface area contributed by atoms with Gasteiger partial charge >= 0.3 is 12.4 Å². The number of nitrogens with zero attached hydrogens (tertiary/aromatic N) is 3. The molecule has 0 N–H and O–H groups in total. The Morgan fingerprint density at radius 2 is 1.46 bits per heavy atom. The molecule has 2 aromatic heterocycles. The first-order chi connectivity index (χ1) is 13.0. The van der Waals surface area contributed by atoms with Crippen molar-refractivity contribution >= 4 is 0 Å². The summed E-state index contributed by atoms with van der Waals surface area (Å²) in [6.45, 7) is 0. The lowest BCUT2D eigenvalue weighted by molar-refractivity contribution is -0.138. The first kappa shape index (κ1) is 19.7. The summed E-state index contributed by atoms with van der Waals surface area (Å²) >= 11 is 0. The van der Waals surface area contributed by atoms with Gasteiger partial charge < -0.3 is 9.30 Å². The molecule has 28 heavy (non-hydrogen) atoms. The van der Waals surface area contributed by atoms with Crippen LogP contribution in [-0.2, 0) is 19.4 Å². The number of aromatic nitrogens is 3. The molecule has 3 aromatic rings. The van der Waals surface area contributed by atoms with Crippen LogP contribution in [0.5, 0.6) is 5.88 Å². The summed E-state index contributed by atoms with van der Waals surface area (Å²) in [5.74, 6) is 0.0903. The maximum Gasteiger partial charge on any atom is 0.417 e. The van der Waals surface area contributed by atoms with Crippen molar-refractivity contribution in [2.24, 2.45) is 7.05 Å². The third kappa shape index (κ3) is 3.95. The van der Waals surface area contributed by atoms with E-state index in [-0.39, 0.29) is 28.7 Å². The van der Waals surface area contributed by atoms with Gasteiger partial charge in [0.2, 0.25) is 5.88 Å². The Hall–Kier alpha value is -3.04. The SMILES string of the molecule is COc1cc(-c2cc(C(F)(F)F)cn2C)nc(-c2ccc(C(F)(F)F)cc2)n1. The predicted octanol–water partition coefficient (Wildman–Crippen LogP) is 5.20. The van der Waals surface area contributed by atoms with Gasteiger partial charge in [-0.2, -0.15) is 31.3 Å². The van der Waals surface area contributed by atoms with Crippen molar-refractivity contribution in [3.8, 4) is 28.7 Å². The zero-order chi connectivity index (χ0) is 20.7. The smallest absolute Gasteiger partial charge is 0.417 e. The Bertz CT molecular complexity index is 990. The summed E-state index contributed by atoms with van der Waals surface area (Å²) in [6.07, 6.45) is -8.10. The summed E-state index contributed by atoms with van der Waals surface area (Å²) in [7, 11) is 2.74. The molecular formula is C18H13F6N3O. The molecule has 0 unspecified atom stereocenters. The second-order valence-corrected chi connectivity index (χ2v) is 5.92. The molecule has 4 nitrogen and oxygen atoms in total. The van der Waals surface area contributed by atoms with E-state index in [0.29, 0.717) is 0 Å². The Balaban J connectivity index is 2.08. The van der Waals surface area contributed by atoms with Crippen molar-refractivity contribution in [3.05, 3.63) is 53.7 Å². The van der Waals surface area contributed by atoms with E-state index in [9.17, 15) is 26.3 Å². The van der Waals surface area contributed by atoms with Gasteiger partial charge in [-0.1, -0.05) is 12.1 Å². The summed E-state index contributed by atoms with van der Waals surface area (Å²) < 4.78 is 83.4. The lowest BCUT2D eigenvalue weighted by Crippen LogP contribution is -2.04. The fourth-order valence-electron chi connectivity index (χ4n) is 2.57. The van der Waals surface area contributed by atoms with E-state index in [1.54, 1.807) is 0 Å². The van der Waals surface area contributed by atoms with E-state index in [4.69, 9.17) is 4.74 Å². The molecule has 2 heterocycles. The average Bonchev–Trinajstić information content (AvgIpc) is 3.03. The maximum atomic E-state index is 13.0. The first-order valence-electron chi connectivity index (χ1n) is 7.83. The first-order valence-corrected chi connectivity index (χ1v) is 7.83. The van der Waals surface area contributed by atoms with E-state index in [1.165, 1.54) is 36.9 Å². The Morgan fingerprint density at radius 3 is 1.96 bits per heavy atom. The molecule has 10 heteroatoms. The van der Waals surface area contributed by atoms with Gasteiger partial charge in [0, 0.05) is 24.9 Å². The van der Waals surface area contributed by atoms with Crippen molar-refractivity contribution in [2.45, 2.75) is 12.4 Å². The minimum Gasteiger partial charge on any atom is -0.481 e. The molecule has 0 radical (unpaired) electrons. The maximum absolute atomic E-state index is 13.0. The van der Waals surface area contributed by atoms with Crippen LogP contribution in [0.2, 0.25) is 0 Å². The van der Waals surface area contributed by atoms with E-state index in [2.05, 4.69) is 9.97 Å². The minimum atomic E-state index is -4.52. The molecule has 148 valence electrons. The number of ether oxygens (including phenoxy) is 1. The molecular weight excluding hydrogens is 388 g/mol. The molecule has 1 aromatic carbocycles. The van der Waals surface area contributed by atoms with Gasteiger partial charge in [-0.3, -0.25) is 0 Å². The Morgan fingerprint density at radius 1 is 0.857 bits per heavy atom. The van der Waals surface area contributed by atoms with E-state index >= 15 is 0 Å². The molecule has 0 atom stereocenters. The molecule has 3 rings (SSSR count). The highest BCUT2D eigenvalue weighted by molar-refractivity contribution is 5.64. The zero-order valence-electron chi connectivity index (χ0n) is 14.6. The van der Waals surface area contributed by atoms with Crippen LogP contribution in [0.4, 0.5) is 26.3 Å². The van der Waals surface area contributed by atoms with Crippen LogP contribution in [-0.4, -0.2) is 21.6 Å². The predicted molar refractivity (Wildman–Crippen MR) is 88.4 cm³/mol. The molecule has 0 fully saturated rings. The summed E-state index contributed by atoms with van der Waals surface area (Å²) in [5.41, 5.74) is -1.13. The van der Waals surface area contributed by atoms with Crippen molar-refractivity contribution in [1.29, 1.82) is 0 Å². The molecule has 0 aliphatic rings. The van der Waals surface area contributed by atoms with Gasteiger partial charge in [0.15, 0.2) is 5.82 Å². The number of halogens is 6. The Labute approximate surface area is 155 Å². The minimum absolute atomic E-state index is 0.0258. The molecule has 0 spiro atoms. The van der Waals surface area contributed by atoms with Gasteiger partial charge in [0.05, 0.1) is 29.6 Å². The normalized spacial score (nSPS) is 12.3. The number of hydrogen-bond acceptors (Lipinski definition) is 3. The largest absolute Gasteiger partial charge is 0.481 e. The van der Waals surface area contributed by atoms with Crippen molar-refractivity contribution in [1.82, 2.24) is 14.5 Å². The van der Waals surface area contributed by atoms with Crippen LogP contribution in [0.3, 0.4) is 0 Å². The van der Waals surface area contributed by atoms with Crippen LogP contribution in [0, 0.1) is 0 Å². The number of aryl methyl sites for hydroxylation is 1. The lowest BCUT2D eigenvalue weighted by Gasteiger charge is -2.10. The van der Waals surface area contributed by atoms with Crippen molar-refractivity contribution in [3.63, 3.8) is 0 Å². The molecule has 0 saturated carbocycles. The summed E-state index contributed by atoms with van der Waals surface area (Å²) in [5, 5.41) is 0. The highest BCUT2D eigenvalue weighted by atomic mass is 19.4. The standard InChI is InChI=1S/C18H13F6N3O/c1-27-9-12(18(22,23)24)7-14(27)13-8-15(28-2)26-16(25-13)10-3-5-11(6-4-10)17(19,20)21/h3-9H,1-2H3. The van der Waals surface area contributed by atoms with Crippen LogP contribution >= 0.6 is 0 Å². The third-order valence-corrected chi connectivity index (χ3v) is 3.98. The average molecular weight is 401 g/mol.